The molecule has 3 aromatic rings. The van der Waals surface area contributed by atoms with Gasteiger partial charge in [0.15, 0.2) is 0 Å². The van der Waals surface area contributed by atoms with Crippen molar-refractivity contribution < 1.29 is 13.2 Å². The highest BCUT2D eigenvalue weighted by atomic mass is 32.2. The van der Waals surface area contributed by atoms with Gasteiger partial charge in [0, 0.05) is 19.7 Å². The van der Waals surface area contributed by atoms with Gasteiger partial charge in [0.05, 0.1) is 21.2 Å². The molecule has 0 aliphatic rings. The van der Waals surface area contributed by atoms with E-state index in [2.05, 4.69) is 10.3 Å². The summed E-state index contributed by atoms with van der Waals surface area (Å²) in [6.45, 7) is 3.22. The Labute approximate surface area is 156 Å². The van der Waals surface area contributed by atoms with Crippen molar-refractivity contribution in [2.75, 3.05) is 12.4 Å². The van der Waals surface area contributed by atoms with Crippen molar-refractivity contribution in [3.63, 3.8) is 0 Å². The van der Waals surface area contributed by atoms with Gasteiger partial charge in [-0.1, -0.05) is 12.1 Å². The predicted molar refractivity (Wildman–Crippen MR) is 104 cm³/mol. The lowest BCUT2D eigenvalue weighted by atomic mass is 10.3. The number of amides is 1. The van der Waals surface area contributed by atoms with Crippen molar-refractivity contribution in [1.29, 1.82) is 0 Å². The molecule has 1 atom stereocenters. The van der Waals surface area contributed by atoms with E-state index in [-0.39, 0.29) is 10.8 Å². The van der Waals surface area contributed by atoms with Gasteiger partial charge in [0.25, 0.3) is 0 Å². The first kappa shape index (κ1) is 18.5. The molecule has 0 aliphatic carbocycles. The van der Waals surface area contributed by atoms with E-state index >= 15 is 0 Å². The van der Waals surface area contributed by atoms with E-state index in [1.54, 1.807) is 19.2 Å². The van der Waals surface area contributed by atoms with Crippen LogP contribution < -0.4 is 5.32 Å². The van der Waals surface area contributed by atoms with E-state index < -0.39 is 16.1 Å². The normalized spacial score (nSPS) is 13.1. The molecule has 0 spiro atoms. The number of benzene rings is 2. The minimum absolute atomic E-state index is 0.169. The van der Waals surface area contributed by atoms with E-state index in [9.17, 15) is 13.2 Å². The van der Waals surface area contributed by atoms with Gasteiger partial charge in [-0.05, 0) is 43.3 Å². The van der Waals surface area contributed by atoms with Crippen molar-refractivity contribution in [1.82, 2.24) is 9.29 Å². The molecule has 2 aromatic carbocycles. The van der Waals surface area contributed by atoms with Gasteiger partial charge in [-0.3, -0.25) is 4.79 Å². The second-order valence-corrected chi connectivity index (χ2v) is 8.98. The van der Waals surface area contributed by atoms with E-state index in [0.717, 1.165) is 15.2 Å². The molecular weight excluding hydrogens is 370 g/mol. The van der Waals surface area contributed by atoms with Crippen molar-refractivity contribution in [3.05, 3.63) is 53.5 Å². The van der Waals surface area contributed by atoms with E-state index in [1.165, 1.54) is 34.7 Å². The van der Waals surface area contributed by atoms with Gasteiger partial charge in [-0.15, -0.1) is 11.3 Å². The molecule has 0 aliphatic heterocycles. The first-order valence-electron chi connectivity index (χ1n) is 8.00. The van der Waals surface area contributed by atoms with E-state index in [0.29, 0.717) is 5.69 Å². The number of para-hydroxylation sites is 1. The van der Waals surface area contributed by atoms with Crippen LogP contribution in [-0.2, 0) is 14.8 Å². The lowest BCUT2D eigenvalue weighted by molar-refractivity contribution is -0.114. The van der Waals surface area contributed by atoms with Crippen molar-refractivity contribution in [2.45, 2.75) is 24.8 Å². The molecule has 0 fully saturated rings. The molecule has 0 bridgehead atoms. The van der Waals surface area contributed by atoms with Crippen molar-refractivity contribution in [2.24, 2.45) is 0 Å². The number of anilines is 1. The molecule has 1 heterocycles. The molecule has 0 saturated heterocycles. The Hall–Kier alpha value is -2.29. The van der Waals surface area contributed by atoms with Crippen molar-refractivity contribution >= 4 is 43.2 Å². The first-order chi connectivity index (χ1) is 12.3. The molecule has 1 N–H and O–H groups in total. The van der Waals surface area contributed by atoms with Crippen molar-refractivity contribution in [3.8, 4) is 0 Å². The first-order valence-corrected chi connectivity index (χ1v) is 10.3. The van der Waals surface area contributed by atoms with Crippen LogP contribution in [0.2, 0.25) is 0 Å². The summed E-state index contributed by atoms with van der Waals surface area (Å²) in [6, 6.07) is 13.5. The van der Waals surface area contributed by atoms with Crippen LogP contribution in [0.4, 0.5) is 5.69 Å². The number of aromatic nitrogens is 1. The third-order valence-electron chi connectivity index (χ3n) is 4.06. The topological polar surface area (TPSA) is 79.4 Å². The Balaban J connectivity index is 1.86. The summed E-state index contributed by atoms with van der Waals surface area (Å²) >= 11 is 1.49. The SMILES string of the molecule is CC(=O)Nc1ccc(S(=O)(=O)N(C)[C@H](C)c2nc3ccccc3s2)cc1. The maximum atomic E-state index is 12.9. The van der Waals surface area contributed by atoms with Gasteiger partial charge in [-0.2, -0.15) is 4.31 Å². The summed E-state index contributed by atoms with van der Waals surface area (Å²) in [6.07, 6.45) is 0. The lowest BCUT2D eigenvalue weighted by Gasteiger charge is -2.22. The fraction of sp³-hybridized carbons (Fsp3) is 0.222. The summed E-state index contributed by atoms with van der Waals surface area (Å²) < 4.78 is 28.2. The van der Waals surface area contributed by atoms with Gasteiger partial charge in [0.2, 0.25) is 15.9 Å². The van der Waals surface area contributed by atoms with Gasteiger partial charge in [0.1, 0.15) is 5.01 Å². The third kappa shape index (κ3) is 3.62. The van der Waals surface area contributed by atoms with Crippen LogP contribution in [0.1, 0.15) is 24.9 Å². The van der Waals surface area contributed by atoms with Crippen LogP contribution in [-0.4, -0.2) is 30.7 Å². The average Bonchev–Trinajstić information content (AvgIpc) is 3.04. The molecule has 8 heteroatoms. The van der Waals surface area contributed by atoms with Gasteiger partial charge in [-0.25, -0.2) is 13.4 Å². The van der Waals surface area contributed by atoms with Gasteiger partial charge < -0.3 is 5.32 Å². The maximum absolute atomic E-state index is 12.9. The zero-order chi connectivity index (χ0) is 18.9. The summed E-state index contributed by atoms with van der Waals surface area (Å²) in [4.78, 5) is 15.8. The molecule has 6 nitrogen and oxygen atoms in total. The number of nitrogens with zero attached hydrogens (tertiary/aromatic N) is 2. The molecule has 0 radical (unpaired) electrons. The number of carbonyl (C=O) groups is 1. The highest BCUT2D eigenvalue weighted by Crippen LogP contribution is 2.31. The molecular formula is C18H19N3O3S2. The minimum Gasteiger partial charge on any atom is -0.326 e. The third-order valence-corrected chi connectivity index (χ3v) is 7.21. The predicted octanol–water partition coefficient (Wildman–Crippen LogP) is 3.64. The Morgan fingerprint density at radius 3 is 2.42 bits per heavy atom. The Morgan fingerprint density at radius 2 is 1.81 bits per heavy atom. The Morgan fingerprint density at radius 1 is 1.15 bits per heavy atom. The monoisotopic (exact) mass is 389 g/mol. The van der Waals surface area contributed by atoms with E-state index in [1.807, 2.05) is 31.2 Å². The zero-order valence-electron chi connectivity index (χ0n) is 14.6. The van der Waals surface area contributed by atoms with Crippen LogP contribution in [0, 0.1) is 0 Å². The zero-order valence-corrected chi connectivity index (χ0v) is 16.3. The summed E-state index contributed by atoms with van der Waals surface area (Å²) in [5, 5.41) is 3.36. The molecule has 0 unspecified atom stereocenters. The molecule has 26 heavy (non-hydrogen) atoms. The molecule has 1 aromatic heterocycles. The van der Waals surface area contributed by atoms with Crippen LogP contribution in [0.15, 0.2) is 53.4 Å². The van der Waals surface area contributed by atoms with Crippen LogP contribution in [0.5, 0.6) is 0 Å². The number of thiazole rings is 1. The van der Waals surface area contributed by atoms with Gasteiger partial charge >= 0.3 is 0 Å². The smallest absolute Gasteiger partial charge is 0.243 e. The second kappa shape index (κ2) is 7.14. The largest absolute Gasteiger partial charge is 0.326 e. The number of hydrogen-bond acceptors (Lipinski definition) is 5. The lowest BCUT2D eigenvalue weighted by Crippen LogP contribution is -2.29. The Kier molecular flexibility index (Phi) is 5.08. The number of carbonyl (C=O) groups excluding carboxylic acids is 1. The highest BCUT2D eigenvalue weighted by molar-refractivity contribution is 7.89. The van der Waals surface area contributed by atoms with Crippen LogP contribution >= 0.6 is 11.3 Å². The quantitative estimate of drug-likeness (QED) is 0.723. The second-order valence-electron chi connectivity index (χ2n) is 5.92. The number of rotatable bonds is 5. The number of sulfonamides is 1. The molecule has 3 rings (SSSR count). The Bertz CT molecular complexity index is 1010. The highest BCUT2D eigenvalue weighted by Gasteiger charge is 2.28. The standard InChI is InChI=1S/C18H19N3O3S2/c1-12(18-20-16-6-4-5-7-17(16)25-18)21(3)26(23,24)15-10-8-14(9-11-15)19-13(2)22/h4-12H,1-3H3,(H,19,22)/t12-/m1/s1. The fourth-order valence-electron chi connectivity index (χ4n) is 2.51. The fourth-order valence-corrected chi connectivity index (χ4v) is 4.97. The van der Waals surface area contributed by atoms with E-state index in [4.69, 9.17) is 0 Å². The summed E-state index contributed by atoms with van der Waals surface area (Å²) in [5.41, 5.74) is 1.42. The minimum atomic E-state index is -3.68. The number of nitrogens with one attached hydrogen (secondary N) is 1. The molecule has 1 amide bonds. The summed E-state index contributed by atoms with van der Waals surface area (Å²) in [7, 11) is -2.13. The summed E-state index contributed by atoms with van der Waals surface area (Å²) in [5.74, 6) is -0.206. The average molecular weight is 390 g/mol. The molecule has 0 saturated carbocycles. The maximum Gasteiger partial charge on any atom is 0.243 e. The van der Waals surface area contributed by atoms with Crippen LogP contribution in [0.3, 0.4) is 0 Å². The number of fused-ring (bicyclic) bond motifs is 1. The van der Waals surface area contributed by atoms with Crippen LogP contribution in [0.25, 0.3) is 10.2 Å². The number of hydrogen-bond donors (Lipinski definition) is 1. The molecule has 136 valence electrons.